The lowest BCUT2D eigenvalue weighted by Gasteiger charge is -2.38. The van der Waals surface area contributed by atoms with E-state index in [4.69, 9.17) is 4.74 Å². The SMILES string of the molecule is O=C(OCC(=O)N(C1CCCCC1)[C@H]1CCS(=O)(=O)C1)c1cc[n+]([O-])cc1. The molecular formula is C18H24N2O6S. The molecule has 148 valence electrons. The van der Waals surface area contributed by atoms with Crippen molar-refractivity contribution in [3.8, 4) is 0 Å². The predicted molar refractivity (Wildman–Crippen MR) is 96.5 cm³/mol. The molecular weight excluding hydrogens is 372 g/mol. The molecule has 0 unspecified atom stereocenters. The van der Waals surface area contributed by atoms with E-state index in [1.807, 2.05) is 0 Å². The van der Waals surface area contributed by atoms with E-state index < -0.39 is 22.4 Å². The van der Waals surface area contributed by atoms with Crippen molar-refractivity contribution in [2.75, 3.05) is 18.1 Å². The second-order valence-electron chi connectivity index (χ2n) is 7.17. The van der Waals surface area contributed by atoms with Crippen LogP contribution in [0.4, 0.5) is 0 Å². The van der Waals surface area contributed by atoms with Crippen LogP contribution in [0.25, 0.3) is 0 Å². The van der Waals surface area contributed by atoms with Crippen LogP contribution in [0.5, 0.6) is 0 Å². The molecule has 2 aliphatic rings. The van der Waals surface area contributed by atoms with Crippen molar-refractivity contribution in [3.63, 3.8) is 0 Å². The first-order chi connectivity index (χ1) is 12.9. The molecule has 1 aliphatic heterocycles. The number of nitrogens with zero attached hydrogens (tertiary/aromatic N) is 2. The normalized spacial score (nSPS) is 22.3. The summed E-state index contributed by atoms with van der Waals surface area (Å²) in [5, 5.41) is 11.0. The van der Waals surface area contributed by atoms with Crippen LogP contribution in [-0.2, 0) is 19.4 Å². The molecule has 1 saturated heterocycles. The predicted octanol–water partition coefficient (Wildman–Crippen LogP) is 0.825. The molecule has 0 radical (unpaired) electrons. The number of rotatable bonds is 5. The number of ether oxygens (including phenoxy) is 1. The maximum atomic E-state index is 12.8. The third-order valence-corrected chi connectivity index (χ3v) is 6.97. The lowest BCUT2D eigenvalue weighted by molar-refractivity contribution is -0.605. The molecule has 2 heterocycles. The summed E-state index contributed by atoms with van der Waals surface area (Å²) in [6.07, 6.45) is 7.61. The molecule has 1 atom stereocenters. The van der Waals surface area contributed by atoms with Crippen LogP contribution < -0.4 is 4.73 Å². The zero-order valence-corrected chi connectivity index (χ0v) is 15.9. The summed E-state index contributed by atoms with van der Waals surface area (Å²) < 4.78 is 29.4. The Kier molecular flexibility index (Phi) is 5.98. The van der Waals surface area contributed by atoms with Gasteiger partial charge in [0.25, 0.3) is 5.91 Å². The van der Waals surface area contributed by atoms with Crippen LogP contribution in [-0.4, -0.2) is 55.4 Å². The van der Waals surface area contributed by atoms with Gasteiger partial charge in [-0.05, 0) is 19.3 Å². The molecule has 0 bridgehead atoms. The van der Waals surface area contributed by atoms with E-state index in [0.717, 1.165) is 32.1 Å². The Morgan fingerprint density at radius 2 is 1.78 bits per heavy atom. The van der Waals surface area contributed by atoms with Gasteiger partial charge in [0, 0.05) is 24.2 Å². The first-order valence-electron chi connectivity index (χ1n) is 9.23. The summed E-state index contributed by atoms with van der Waals surface area (Å²) in [5.74, 6) is -0.975. The molecule has 3 rings (SSSR count). The Labute approximate surface area is 158 Å². The molecule has 0 N–H and O–H groups in total. The maximum absolute atomic E-state index is 12.8. The summed E-state index contributed by atoms with van der Waals surface area (Å²) in [5.41, 5.74) is 0.183. The van der Waals surface area contributed by atoms with Gasteiger partial charge in [0.15, 0.2) is 28.8 Å². The second kappa shape index (κ2) is 8.24. The lowest BCUT2D eigenvalue weighted by Crippen LogP contribution is -2.50. The van der Waals surface area contributed by atoms with Gasteiger partial charge in [0.2, 0.25) is 0 Å². The Bertz CT molecular complexity index is 787. The minimum Gasteiger partial charge on any atom is -0.619 e. The van der Waals surface area contributed by atoms with Crippen molar-refractivity contribution in [3.05, 3.63) is 35.3 Å². The van der Waals surface area contributed by atoms with Crippen molar-refractivity contribution in [1.82, 2.24) is 4.90 Å². The van der Waals surface area contributed by atoms with Gasteiger partial charge in [-0.1, -0.05) is 19.3 Å². The molecule has 8 nitrogen and oxygen atoms in total. The van der Waals surface area contributed by atoms with Gasteiger partial charge >= 0.3 is 5.97 Å². The number of carbonyl (C=O) groups excluding carboxylic acids is 2. The van der Waals surface area contributed by atoms with Crippen molar-refractivity contribution in [2.24, 2.45) is 0 Å². The highest BCUT2D eigenvalue weighted by Gasteiger charge is 2.38. The number of aromatic nitrogens is 1. The maximum Gasteiger partial charge on any atom is 0.339 e. The van der Waals surface area contributed by atoms with Crippen molar-refractivity contribution in [2.45, 2.75) is 50.6 Å². The Hall–Kier alpha value is -2.16. The van der Waals surface area contributed by atoms with Gasteiger partial charge in [-0.2, -0.15) is 4.73 Å². The Morgan fingerprint density at radius 3 is 2.37 bits per heavy atom. The fourth-order valence-electron chi connectivity index (χ4n) is 3.89. The monoisotopic (exact) mass is 396 g/mol. The molecule has 9 heteroatoms. The number of amides is 1. The van der Waals surface area contributed by atoms with Crippen LogP contribution >= 0.6 is 0 Å². The number of carbonyl (C=O) groups is 2. The van der Waals surface area contributed by atoms with E-state index in [2.05, 4.69) is 0 Å². The third kappa shape index (κ3) is 4.97. The highest BCUT2D eigenvalue weighted by molar-refractivity contribution is 7.91. The van der Waals surface area contributed by atoms with Gasteiger partial charge in [-0.25, -0.2) is 13.2 Å². The zero-order chi connectivity index (χ0) is 19.4. The van der Waals surface area contributed by atoms with E-state index >= 15 is 0 Å². The first-order valence-corrected chi connectivity index (χ1v) is 11.1. The molecule has 1 amide bonds. The van der Waals surface area contributed by atoms with Crippen LogP contribution in [0.3, 0.4) is 0 Å². The molecule has 2 fully saturated rings. The molecule has 1 aliphatic carbocycles. The van der Waals surface area contributed by atoms with E-state index in [1.165, 1.54) is 24.5 Å². The second-order valence-corrected chi connectivity index (χ2v) is 9.40. The average Bonchev–Trinajstić information content (AvgIpc) is 3.00. The van der Waals surface area contributed by atoms with Crippen LogP contribution in [0.15, 0.2) is 24.5 Å². The van der Waals surface area contributed by atoms with Crippen LogP contribution in [0, 0.1) is 5.21 Å². The number of esters is 1. The minimum absolute atomic E-state index is 0.000557. The molecule has 0 aromatic carbocycles. The number of pyridine rings is 1. The lowest BCUT2D eigenvalue weighted by atomic mass is 9.93. The van der Waals surface area contributed by atoms with Gasteiger partial charge in [-0.15, -0.1) is 0 Å². The van der Waals surface area contributed by atoms with Crippen molar-refractivity contribution in [1.29, 1.82) is 0 Å². The van der Waals surface area contributed by atoms with Gasteiger partial charge in [0.1, 0.15) is 0 Å². The van der Waals surface area contributed by atoms with E-state index in [1.54, 1.807) is 4.90 Å². The minimum atomic E-state index is -3.12. The smallest absolute Gasteiger partial charge is 0.339 e. The van der Waals surface area contributed by atoms with Gasteiger partial charge in [-0.3, -0.25) is 4.79 Å². The average molecular weight is 396 g/mol. The quantitative estimate of drug-likeness (QED) is 0.414. The zero-order valence-electron chi connectivity index (χ0n) is 15.1. The molecule has 1 aromatic heterocycles. The number of hydrogen-bond donors (Lipinski definition) is 0. The number of hydrogen-bond acceptors (Lipinski definition) is 6. The van der Waals surface area contributed by atoms with E-state index in [9.17, 15) is 23.2 Å². The molecule has 1 aromatic rings. The topological polar surface area (TPSA) is 108 Å². The molecule has 0 spiro atoms. The van der Waals surface area contributed by atoms with Crippen molar-refractivity contribution >= 4 is 21.7 Å². The fourth-order valence-corrected chi connectivity index (χ4v) is 5.60. The van der Waals surface area contributed by atoms with Crippen LogP contribution in [0.2, 0.25) is 0 Å². The Balaban J connectivity index is 1.67. The van der Waals surface area contributed by atoms with E-state index in [0.29, 0.717) is 11.2 Å². The Morgan fingerprint density at radius 1 is 1.11 bits per heavy atom. The fraction of sp³-hybridized carbons (Fsp3) is 0.611. The largest absolute Gasteiger partial charge is 0.619 e. The highest BCUT2D eigenvalue weighted by Crippen LogP contribution is 2.28. The van der Waals surface area contributed by atoms with Gasteiger partial charge in [0.05, 0.1) is 17.1 Å². The summed E-state index contributed by atoms with van der Waals surface area (Å²) in [4.78, 5) is 26.6. The molecule has 27 heavy (non-hydrogen) atoms. The standard InChI is InChI=1S/C18H24N2O6S/c21-17(12-26-18(22)14-6-9-19(23)10-7-14)20(15-4-2-1-3-5-15)16-8-11-27(24,25)13-16/h6-7,9-10,15-16H,1-5,8,11-13H2/t16-/m0/s1. The first kappa shape index (κ1) is 19.6. The number of sulfone groups is 1. The van der Waals surface area contributed by atoms with E-state index in [-0.39, 0.29) is 35.1 Å². The van der Waals surface area contributed by atoms with Gasteiger partial charge < -0.3 is 14.8 Å². The summed E-state index contributed by atoms with van der Waals surface area (Å²) >= 11 is 0. The van der Waals surface area contributed by atoms with Crippen LogP contribution in [0.1, 0.15) is 48.9 Å². The highest BCUT2D eigenvalue weighted by atomic mass is 32.2. The third-order valence-electron chi connectivity index (χ3n) is 5.22. The summed E-state index contributed by atoms with van der Waals surface area (Å²) in [7, 11) is -3.12. The molecule has 1 saturated carbocycles. The summed E-state index contributed by atoms with van der Waals surface area (Å²) in [6.45, 7) is -0.432. The van der Waals surface area contributed by atoms with Crippen molar-refractivity contribution < 1.29 is 27.5 Å². The summed E-state index contributed by atoms with van der Waals surface area (Å²) in [6, 6.07) is 2.30.